The topological polar surface area (TPSA) is 101 Å². The van der Waals surface area contributed by atoms with Crippen LogP contribution in [0.2, 0.25) is 0 Å². The van der Waals surface area contributed by atoms with Gasteiger partial charge in [0.15, 0.2) is 0 Å². The van der Waals surface area contributed by atoms with E-state index in [1.54, 1.807) is 0 Å². The number of esters is 1. The number of carbonyl (C=O) groups excluding carboxylic acids is 1. The van der Waals surface area contributed by atoms with E-state index in [0.29, 0.717) is 30.4 Å². The van der Waals surface area contributed by atoms with E-state index in [0.717, 1.165) is 0 Å². The van der Waals surface area contributed by atoms with Gasteiger partial charge in [0.1, 0.15) is 47.3 Å². The Hall–Kier alpha value is -0.990. The Balaban J connectivity index is 1.43. The first kappa shape index (κ1) is 15.9. The van der Waals surface area contributed by atoms with Crippen molar-refractivity contribution in [1.29, 1.82) is 0 Å². The largest absolute Gasteiger partial charge is 0.458 e. The van der Waals surface area contributed by atoms with Crippen molar-refractivity contribution in [2.45, 2.75) is 86.9 Å². The number of fused-ring (bicyclic) bond motifs is 2. The van der Waals surface area contributed by atoms with Crippen molar-refractivity contribution in [3.05, 3.63) is 11.1 Å². The van der Waals surface area contributed by atoms with Crippen LogP contribution in [-0.2, 0) is 23.7 Å². The Morgan fingerprint density at radius 3 is 2.63 bits per heavy atom. The van der Waals surface area contributed by atoms with Gasteiger partial charge in [-0.15, -0.1) is 0 Å². The Kier molecular flexibility index (Phi) is 2.28. The lowest BCUT2D eigenvalue weighted by molar-refractivity contribution is -0.403. The highest BCUT2D eigenvalue weighted by molar-refractivity contribution is 5.93. The number of hydrogen-bond donors (Lipinski definition) is 2. The summed E-state index contributed by atoms with van der Waals surface area (Å²) < 4.78 is 24.1. The van der Waals surface area contributed by atoms with Crippen molar-refractivity contribution in [3.8, 4) is 0 Å². The predicted molar refractivity (Wildman–Crippen MR) is 88.5 cm³/mol. The van der Waals surface area contributed by atoms with Crippen LogP contribution >= 0.6 is 0 Å². The second-order valence-electron chi connectivity index (χ2n) is 10.1. The molecule has 0 radical (unpaired) electrons. The van der Waals surface area contributed by atoms with E-state index >= 15 is 0 Å². The molecule has 8 rings (SSSR count). The van der Waals surface area contributed by atoms with Crippen LogP contribution in [0.25, 0.3) is 0 Å². The minimum Gasteiger partial charge on any atom is -0.458 e. The normalized spacial score (nSPS) is 64.0. The highest BCUT2D eigenvalue weighted by Crippen LogP contribution is 2.82. The molecule has 4 saturated heterocycles. The minimum atomic E-state index is -1.31. The Labute approximate surface area is 156 Å². The molecule has 0 aromatic carbocycles. The quantitative estimate of drug-likeness (QED) is 0.499. The van der Waals surface area contributed by atoms with E-state index in [9.17, 15) is 15.0 Å². The van der Waals surface area contributed by atoms with Crippen molar-refractivity contribution in [3.63, 3.8) is 0 Å². The molecule has 0 amide bonds. The number of epoxide rings is 2. The van der Waals surface area contributed by atoms with Gasteiger partial charge in [0, 0.05) is 23.0 Å². The highest BCUT2D eigenvalue weighted by atomic mass is 16.7. The number of carbonyl (C=O) groups is 1. The third-order valence-electron chi connectivity index (χ3n) is 9.31. The summed E-state index contributed by atoms with van der Waals surface area (Å²) in [7, 11) is 0. The van der Waals surface area contributed by atoms with Gasteiger partial charge < -0.3 is 29.2 Å². The van der Waals surface area contributed by atoms with Crippen LogP contribution in [0.5, 0.6) is 0 Å². The highest BCUT2D eigenvalue weighted by Gasteiger charge is 3.00. The Morgan fingerprint density at radius 2 is 1.93 bits per heavy atom. The van der Waals surface area contributed by atoms with Gasteiger partial charge in [0.2, 0.25) is 0 Å². The van der Waals surface area contributed by atoms with Gasteiger partial charge in [-0.1, -0.05) is 20.8 Å². The third-order valence-corrected chi connectivity index (χ3v) is 9.31. The van der Waals surface area contributed by atoms with E-state index in [-0.39, 0.29) is 30.7 Å². The van der Waals surface area contributed by atoms with Gasteiger partial charge in [0.05, 0.1) is 6.10 Å². The smallest absolute Gasteiger partial charge is 0.334 e. The zero-order valence-corrected chi connectivity index (χ0v) is 15.7. The molecule has 146 valence electrons. The Bertz CT molecular complexity index is 858. The number of aliphatic hydroxyl groups is 2. The van der Waals surface area contributed by atoms with Crippen molar-refractivity contribution >= 4 is 5.97 Å². The fourth-order valence-electron chi connectivity index (χ4n) is 7.86. The van der Waals surface area contributed by atoms with Gasteiger partial charge in [-0.05, 0) is 18.8 Å². The zero-order valence-electron chi connectivity index (χ0n) is 15.7. The number of ether oxygens (including phenoxy) is 4. The zero-order chi connectivity index (χ0) is 18.8. The molecule has 8 aliphatic rings. The molecule has 2 N–H and O–H groups in total. The van der Waals surface area contributed by atoms with Crippen LogP contribution in [0.1, 0.15) is 40.0 Å². The molecule has 7 heteroatoms. The lowest BCUT2D eigenvalue weighted by Gasteiger charge is -2.73. The SMILES string of the molecule is CC(C)[C@]12O[C@H]1[C@@H]1O[C@@]13[C@@]1(C)CCC4=C(COC4=O)[C@]1(O)C1C[C@@]3(O1)[C@@H]2O. The lowest BCUT2D eigenvalue weighted by Crippen LogP contribution is -2.88. The first-order valence-corrected chi connectivity index (χ1v) is 10.0. The average Bonchev–Trinajstić information content (AvgIpc) is 3.44. The number of hydrogen-bond acceptors (Lipinski definition) is 7. The summed E-state index contributed by atoms with van der Waals surface area (Å²) in [6.07, 6.45) is 0.0497. The second-order valence-corrected chi connectivity index (χ2v) is 10.1. The fraction of sp³-hybridized carbons (Fsp3) is 0.850. The molecule has 6 fully saturated rings. The standard InChI is InChI=1S/C20H24O7/c1-8(2)18-12(26-18)13-20(27-13)16(3)5-4-9-10(7-24-14(9)21)19(16,23)11-6-17(20,25-11)15(18)22/h8,11-13,15,22-23H,4-7H2,1-3H3/t11?,12-,13-,15-,16-,17+,18-,19-,20+/m0/s1. The maximum atomic E-state index is 12.1. The van der Waals surface area contributed by atoms with Crippen LogP contribution in [0, 0.1) is 11.3 Å². The second kappa shape index (κ2) is 3.87. The van der Waals surface area contributed by atoms with Crippen LogP contribution in [-0.4, -0.2) is 69.6 Å². The maximum Gasteiger partial charge on any atom is 0.334 e. The number of rotatable bonds is 1. The summed E-state index contributed by atoms with van der Waals surface area (Å²) in [5, 5.41) is 23.5. The molecule has 2 saturated carbocycles. The van der Waals surface area contributed by atoms with Crippen LogP contribution in [0.3, 0.4) is 0 Å². The molecular formula is C20H24O7. The average molecular weight is 376 g/mol. The fourth-order valence-corrected chi connectivity index (χ4v) is 7.86. The molecule has 0 aromatic heterocycles. The Morgan fingerprint density at radius 1 is 1.19 bits per heavy atom. The molecule has 27 heavy (non-hydrogen) atoms. The number of aliphatic hydroxyl groups excluding tert-OH is 1. The first-order chi connectivity index (χ1) is 12.7. The molecular weight excluding hydrogens is 352 g/mol. The third kappa shape index (κ3) is 1.16. The molecule has 2 bridgehead atoms. The molecule has 7 nitrogen and oxygen atoms in total. The van der Waals surface area contributed by atoms with E-state index in [4.69, 9.17) is 18.9 Å². The monoisotopic (exact) mass is 376 g/mol. The molecule has 9 atom stereocenters. The van der Waals surface area contributed by atoms with Gasteiger partial charge in [-0.3, -0.25) is 0 Å². The minimum absolute atomic E-state index is 0.117. The van der Waals surface area contributed by atoms with Crippen LogP contribution in [0.4, 0.5) is 0 Å². The number of cyclic esters (lactones) is 1. The van der Waals surface area contributed by atoms with Crippen LogP contribution < -0.4 is 0 Å². The van der Waals surface area contributed by atoms with Crippen molar-refractivity contribution in [2.24, 2.45) is 11.3 Å². The summed E-state index contributed by atoms with van der Waals surface area (Å²) in [6, 6.07) is 0. The summed E-state index contributed by atoms with van der Waals surface area (Å²) in [4.78, 5) is 12.1. The lowest BCUT2D eigenvalue weighted by atomic mass is 9.40. The van der Waals surface area contributed by atoms with Crippen molar-refractivity contribution < 1.29 is 34.0 Å². The molecule has 5 aliphatic heterocycles. The van der Waals surface area contributed by atoms with Crippen molar-refractivity contribution in [1.82, 2.24) is 0 Å². The molecule has 3 aliphatic carbocycles. The van der Waals surface area contributed by atoms with E-state index in [1.807, 2.05) is 6.92 Å². The summed E-state index contributed by atoms with van der Waals surface area (Å²) >= 11 is 0. The van der Waals surface area contributed by atoms with Gasteiger partial charge in [0.25, 0.3) is 0 Å². The molecule has 5 heterocycles. The summed E-state index contributed by atoms with van der Waals surface area (Å²) in [5.74, 6) is -0.178. The molecule has 1 unspecified atom stereocenters. The maximum absolute atomic E-state index is 12.1. The van der Waals surface area contributed by atoms with Crippen LogP contribution in [0.15, 0.2) is 11.1 Å². The van der Waals surface area contributed by atoms with E-state index in [2.05, 4.69) is 13.8 Å². The van der Waals surface area contributed by atoms with Gasteiger partial charge in [-0.2, -0.15) is 0 Å². The van der Waals surface area contributed by atoms with E-state index < -0.39 is 40.0 Å². The van der Waals surface area contributed by atoms with Gasteiger partial charge in [-0.25, -0.2) is 4.79 Å². The summed E-state index contributed by atoms with van der Waals surface area (Å²) in [6.45, 7) is 6.28. The molecule has 0 aromatic rings. The van der Waals surface area contributed by atoms with Crippen molar-refractivity contribution in [2.75, 3.05) is 6.61 Å². The first-order valence-electron chi connectivity index (χ1n) is 10.0. The predicted octanol–water partition coefficient (Wildman–Crippen LogP) is 0.218. The van der Waals surface area contributed by atoms with Gasteiger partial charge >= 0.3 is 5.97 Å². The molecule has 2 spiro atoms. The summed E-state index contributed by atoms with van der Waals surface area (Å²) in [5.41, 5.74) is -2.95. The van der Waals surface area contributed by atoms with E-state index in [1.165, 1.54) is 0 Å².